The van der Waals surface area contributed by atoms with Crippen LogP contribution in [-0.2, 0) is 4.74 Å². The second kappa shape index (κ2) is 1.62. The summed E-state index contributed by atoms with van der Waals surface area (Å²) in [4.78, 5) is 0. The lowest BCUT2D eigenvalue weighted by Gasteiger charge is -2.13. The van der Waals surface area contributed by atoms with Crippen LogP contribution in [0.15, 0.2) is 4.40 Å². The Morgan fingerprint density at radius 2 is 2.33 bits per heavy atom. The van der Waals surface area contributed by atoms with E-state index in [9.17, 15) is 0 Å². The van der Waals surface area contributed by atoms with Crippen molar-refractivity contribution in [3.05, 3.63) is 0 Å². The number of ether oxygens (including phenoxy) is 1. The molecule has 0 unspecified atom stereocenters. The summed E-state index contributed by atoms with van der Waals surface area (Å²) in [5, 5.41) is 0. The maximum absolute atomic E-state index is 4.75. The molecule has 2 nitrogen and oxygen atoms in total. The van der Waals surface area contributed by atoms with E-state index in [0.717, 1.165) is 5.71 Å². The van der Waals surface area contributed by atoms with E-state index in [1.54, 1.807) is 0 Å². The molecule has 0 aromatic carbocycles. The summed E-state index contributed by atoms with van der Waals surface area (Å²) in [6.07, 6.45) is 0. The van der Waals surface area contributed by atoms with E-state index in [1.165, 1.54) is 0 Å². The van der Waals surface area contributed by atoms with Crippen LogP contribution in [0, 0.1) is 0 Å². The van der Waals surface area contributed by atoms with Gasteiger partial charge in [-0.2, -0.15) is 0 Å². The monoisotopic (exact) mass is 103 g/mol. The Bertz CT molecular complexity index is 74.9. The van der Waals surface area contributed by atoms with Crippen LogP contribution in [0.3, 0.4) is 0 Å². The van der Waals surface area contributed by atoms with Crippen LogP contribution < -0.4 is 0 Å². The molecule has 1 aliphatic rings. The minimum Gasteiger partial charge on any atom is -0.369 e. The van der Waals surface area contributed by atoms with E-state index in [1.807, 2.05) is 0 Å². The van der Waals surface area contributed by atoms with Crippen molar-refractivity contribution >= 4 is 18.5 Å². The molecule has 0 aromatic rings. The molecule has 0 N–H and O–H groups in total. The van der Waals surface area contributed by atoms with Gasteiger partial charge in [-0.1, -0.05) is 0 Å². The Hall–Kier alpha value is -0.0200. The molecule has 0 spiro atoms. The number of hydrogen-bond acceptors (Lipinski definition) is 3. The largest absolute Gasteiger partial charge is 0.369 e. The van der Waals surface area contributed by atoms with Gasteiger partial charge in [-0.05, 0) is 12.8 Å². The van der Waals surface area contributed by atoms with Crippen molar-refractivity contribution in [1.82, 2.24) is 0 Å². The molecule has 1 saturated heterocycles. The highest BCUT2D eigenvalue weighted by atomic mass is 32.1. The van der Waals surface area contributed by atoms with Crippen molar-refractivity contribution in [2.45, 2.75) is 0 Å². The Morgan fingerprint density at radius 3 is 2.33 bits per heavy atom. The fraction of sp³-hybridized carbons (Fsp3) is 0.667. The predicted octanol–water partition coefficient (Wildman–Crippen LogP) is 0.302. The first-order valence-electron chi connectivity index (χ1n) is 1.71. The van der Waals surface area contributed by atoms with Crippen LogP contribution in [0.1, 0.15) is 0 Å². The summed E-state index contributed by atoms with van der Waals surface area (Å²) in [5.41, 5.74) is 1.04. The summed E-state index contributed by atoms with van der Waals surface area (Å²) >= 11 is 3.65. The third-order valence-corrected chi connectivity index (χ3v) is 0.962. The smallest absolute Gasteiger partial charge is 0.0884 e. The van der Waals surface area contributed by atoms with Gasteiger partial charge in [0.1, 0.15) is 0 Å². The van der Waals surface area contributed by atoms with E-state index < -0.39 is 0 Å². The van der Waals surface area contributed by atoms with E-state index in [4.69, 9.17) is 4.74 Å². The Balaban J connectivity index is 2.34. The SMILES string of the molecule is SN=C1COC1. The molecule has 6 heavy (non-hydrogen) atoms. The zero-order valence-corrected chi connectivity index (χ0v) is 4.11. The van der Waals surface area contributed by atoms with Crippen molar-refractivity contribution in [2.75, 3.05) is 13.2 Å². The summed E-state index contributed by atoms with van der Waals surface area (Å²) in [6, 6.07) is 0. The summed E-state index contributed by atoms with van der Waals surface area (Å²) < 4.78 is 8.33. The molecule has 1 fully saturated rings. The topological polar surface area (TPSA) is 21.6 Å². The average molecular weight is 103 g/mol. The van der Waals surface area contributed by atoms with Crippen molar-refractivity contribution in [2.24, 2.45) is 4.40 Å². The minimum atomic E-state index is 0.684. The number of thiol groups is 1. The lowest BCUT2D eigenvalue weighted by atomic mass is 10.3. The van der Waals surface area contributed by atoms with Crippen molar-refractivity contribution in [3.63, 3.8) is 0 Å². The van der Waals surface area contributed by atoms with E-state index in [2.05, 4.69) is 17.2 Å². The molecule has 0 amide bonds. The van der Waals surface area contributed by atoms with Gasteiger partial charge in [0.15, 0.2) is 0 Å². The summed E-state index contributed by atoms with van der Waals surface area (Å²) in [6.45, 7) is 1.37. The van der Waals surface area contributed by atoms with Crippen molar-refractivity contribution in [1.29, 1.82) is 0 Å². The first-order chi connectivity index (χ1) is 2.93. The molecule has 34 valence electrons. The van der Waals surface area contributed by atoms with Gasteiger partial charge in [-0.25, -0.2) is 4.40 Å². The molecular formula is C3H5NOS. The molecule has 0 aromatic heterocycles. The number of nitrogens with zero attached hydrogens (tertiary/aromatic N) is 1. The fourth-order valence-electron chi connectivity index (χ4n) is 0.251. The Kier molecular flexibility index (Phi) is 1.12. The third-order valence-electron chi connectivity index (χ3n) is 0.679. The molecule has 1 heterocycles. The van der Waals surface area contributed by atoms with Crippen LogP contribution in [0.25, 0.3) is 0 Å². The zero-order chi connectivity index (χ0) is 4.41. The quantitative estimate of drug-likeness (QED) is 0.437. The molecule has 0 saturated carbocycles. The second-order valence-corrected chi connectivity index (χ2v) is 1.36. The van der Waals surface area contributed by atoms with Gasteiger partial charge >= 0.3 is 0 Å². The van der Waals surface area contributed by atoms with Crippen LogP contribution in [0.4, 0.5) is 0 Å². The maximum atomic E-state index is 4.75. The second-order valence-electron chi connectivity index (χ2n) is 1.16. The number of rotatable bonds is 0. The molecule has 3 heteroatoms. The molecule has 1 aliphatic heterocycles. The van der Waals surface area contributed by atoms with Crippen molar-refractivity contribution < 1.29 is 4.74 Å². The highest BCUT2D eigenvalue weighted by Crippen LogP contribution is 1.95. The molecular weight excluding hydrogens is 98.1 g/mol. The fourth-order valence-corrected chi connectivity index (χ4v) is 0.367. The highest BCUT2D eigenvalue weighted by Gasteiger charge is 2.07. The van der Waals surface area contributed by atoms with E-state index >= 15 is 0 Å². The normalized spacial score (nSPS) is 19.8. The van der Waals surface area contributed by atoms with Crippen LogP contribution in [0.2, 0.25) is 0 Å². The standard InChI is InChI=1S/C3H5NOS/c6-4-3-1-5-2-3/h6H,1-2H2. The lowest BCUT2D eigenvalue weighted by Crippen LogP contribution is -2.26. The van der Waals surface area contributed by atoms with E-state index in [-0.39, 0.29) is 0 Å². The maximum Gasteiger partial charge on any atom is 0.0884 e. The lowest BCUT2D eigenvalue weighted by molar-refractivity contribution is 0.160. The average Bonchev–Trinajstić information content (AvgIpc) is 1.31. The first kappa shape index (κ1) is 4.15. The van der Waals surface area contributed by atoms with Gasteiger partial charge in [0.05, 0.1) is 18.9 Å². The number of hydrogen-bond donors (Lipinski definition) is 1. The van der Waals surface area contributed by atoms with Crippen LogP contribution in [-0.4, -0.2) is 18.9 Å². The Labute approximate surface area is 41.8 Å². The molecule has 1 rings (SSSR count). The molecule has 0 bridgehead atoms. The third kappa shape index (κ3) is 0.555. The first-order valence-corrected chi connectivity index (χ1v) is 2.11. The Morgan fingerprint density at radius 1 is 1.67 bits per heavy atom. The van der Waals surface area contributed by atoms with Crippen LogP contribution in [0.5, 0.6) is 0 Å². The van der Waals surface area contributed by atoms with Crippen molar-refractivity contribution in [3.8, 4) is 0 Å². The summed E-state index contributed by atoms with van der Waals surface area (Å²) in [7, 11) is 0. The highest BCUT2D eigenvalue weighted by molar-refractivity contribution is 7.79. The van der Waals surface area contributed by atoms with Crippen LogP contribution >= 0.6 is 12.8 Å². The predicted molar refractivity (Wildman–Crippen MR) is 27.2 cm³/mol. The molecule has 0 aliphatic carbocycles. The zero-order valence-electron chi connectivity index (χ0n) is 3.22. The molecule has 0 atom stereocenters. The van der Waals surface area contributed by atoms with Gasteiger partial charge in [0, 0.05) is 0 Å². The minimum absolute atomic E-state index is 0.684. The summed E-state index contributed by atoms with van der Waals surface area (Å²) in [5.74, 6) is 0. The van der Waals surface area contributed by atoms with E-state index in [0.29, 0.717) is 13.2 Å². The molecule has 0 radical (unpaired) electrons. The van der Waals surface area contributed by atoms with Gasteiger partial charge in [0.2, 0.25) is 0 Å². The van der Waals surface area contributed by atoms with Gasteiger partial charge in [0.25, 0.3) is 0 Å². The van der Waals surface area contributed by atoms with Gasteiger partial charge in [-0.3, -0.25) is 0 Å². The van der Waals surface area contributed by atoms with Gasteiger partial charge < -0.3 is 4.74 Å². The van der Waals surface area contributed by atoms with Gasteiger partial charge in [-0.15, -0.1) is 0 Å².